The van der Waals surface area contributed by atoms with Crippen molar-refractivity contribution in [3.8, 4) is 0 Å². The molecule has 0 aliphatic carbocycles. The van der Waals surface area contributed by atoms with E-state index in [9.17, 15) is 14.4 Å². The maximum absolute atomic E-state index is 13.3. The number of methoxy groups -OCH3 is 1. The number of carbonyl (C=O) groups is 3. The average Bonchev–Trinajstić information content (AvgIpc) is 3.49. The lowest BCUT2D eigenvalue weighted by atomic mass is 10.0. The van der Waals surface area contributed by atoms with Crippen LogP contribution in [0.25, 0.3) is 0 Å². The Labute approximate surface area is 205 Å². The van der Waals surface area contributed by atoms with Crippen molar-refractivity contribution in [1.29, 1.82) is 0 Å². The minimum absolute atomic E-state index is 0.109. The number of esters is 2. The number of rotatable bonds is 7. The van der Waals surface area contributed by atoms with Gasteiger partial charge in [0, 0.05) is 16.6 Å². The summed E-state index contributed by atoms with van der Waals surface area (Å²) in [7, 11) is 1.42. The molecule has 34 heavy (non-hydrogen) atoms. The monoisotopic (exact) mass is 529 g/mol. The van der Waals surface area contributed by atoms with Gasteiger partial charge in [-0.3, -0.25) is 4.90 Å². The minimum atomic E-state index is -0.969. The third-order valence-electron chi connectivity index (χ3n) is 5.71. The van der Waals surface area contributed by atoms with Gasteiger partial charge in [0.25, 0.3) is 0 Å². The summed E-state index contributed by atoms with van der Waals surface area (Å²) in [6.07, 6.45) is -0.180. The number of hydrogen-bond acceptors (Lipinski definition) is 7. The zero-order chi connectivity index (χ0) is 24.1. The Kier molecular flexibility index (Phi) is 7.52. The van der Waals surface area contributed by atoms with Crippen molar-refractivity contribution in [2.75, 3.05) is 13.7 Å². The predicted molar refractivity (Wildman–Crippen MR) is 124 cm³/mol. The van der Waals surface area contributed by atoms with Crippen molar-refractivity contribution in [2.24, 2.45) is 0 Å². The van der Waals surface area contributed by atoms with Gasteiger partial charge in [-0.05, 0) is 24.5 Å². The molecule has 1 amide bonds. The molecule has 2 heterocycles. The first-order valence-corrected chi connectivity index (χ1v) is 11.7. The van der Waals surface area contributed by atoms with E-state index in [2.05, 4.69) is 15.9 Å². The highest BCUT2D eigenvalue weighted by Crippen LogP contribution is 2.36. The molecule has 2 aromatic carbocycles. The van der Waals surface area contributed by atoms with Crippen LogP contribution in [0.5, 0.6) is 0 Å². The summed E-state index contributed by atoms with van der Waals surface area (Å²) in [5.74, 6) is -0.931. The first-order valence-electron chi connectivity index (χ1n) is 10.9. The van der Waals surface area contributed by atoms with Gasteiger partial charge in [0.15, 0.2) is 12.2 Å². The fraction of sp³-hybridized carbons (Fsp3) is 0.320. The minimum Gasteiger partial charge on any atom is -0.497 e. The summed E-state index contributed by atoms with van der Waals surface area (Å²) in [5, 5.41) is 0. The normalized spacial score (nSPS) is 20.4. The lowest BCUT2D eigenvalue weighted by Gasteiger charge is -2.29. The number of cyclic esters (lactones) is 1. The highest BCUT2D eigenvalue weighted by Gasteiger charge is 2.43. The smallest absolute Gasteiger partial charge is 0.410 e. The van der Waals surface area contributed by atoms with Gasteiger partial charge in [-0.1, -0.05) is 64.5 Å². The van der Waals surface area contributed by atoms with Gasteiger partial charge in [0.05, 0.1) is 13.2 Å². The summed E-state index contributed by atoms with van der Waals surface area (Å²) in [5.41, 5.74) is 1.46. The molecule has 9 heteroatoms. The molecule has 2 aromatic rings. The topological polar surface area (TPSA) is 91.4 Å². The number of likely N-dealkylation sites (tertiary alicyclic amines) is 1. The average molecular weight is 530 g/mol. The van der Waals surface area contributed by atoms with Gasteiger partial charge >= 0.3 is 18.0 Å². The number of nitrogens with zero attached hydrogens (tertiary/aromatic N) is 1. The molecule has 0 N–H and O–H groups in total. The predicted octanol–water partition coefficient (Wildman–Crippen LogP) is 4.29. The second-order valence-corrected chi connectivity index (χ2v) is 8.73. The van der Waals surface area contributed by atoms with Gasteiger partial charge in [0.2, 0.25) is 0 Å². The van der Waals surface area contributed by atoms with Crippen LogP contribution in [0.15, 0.2) is 70.9 Å². The van der Waals surface area contributed by atoms with Gasteiger partial charge in [-0.15, -0.1) is 0 Å². The van der Waals surface area contributed by atoms with Crippen LogP contribution in [0.4, 0.5) is 4.79 Å². The van der Waals surface area contributed by atoms with Gasteiger partial charge in [-0.2, -0.15) is 0 Å². The van der Waals surface area contributed by atoms with Crippen LogP contribution in [-0.2, 0) is 35.1 Å². The lowest BCUT2D eigenvalue weighted by Crippen LogP contribution is -2.43. The number of carbonyl (C=O) groups excluding carboxylic acids is 3. The van der Waals surface area contributed by atoms with E-state index in [0.29, 0.717) is 29.4 Å². The molecule has 2 aliphatic heterocycles. The molecule has 0 aromatic heterocycles. The van der Waals surface area contributed by atoms with Crippen molar-refractivity contribution in [1.82, 2.24) is 4.90 Å². The second kappa shape index (κ2) is 10.7. The first-order chi connectivity index (χ1) is 16.5. The van der Waals surface area contributed by atoms with Crippen LogP contribution in [0.2, 0.25) is 0 Å². The van der Waals surface area contributed by atoms with Gasteiger partial charge in [-0.25, -0.2) is 14.4 Å². The van der Waals surface area contributed by atoms with Crippen molar-refractivity contribution < 1.29 is 33.3 Å². The SMILES string of the molecule is COC1=CC(=O)OC1C(OC(=O)[C@@H]1CCCN1C(=O)OCc1ccccc1)c1ccccc1Br. The van der Waals surface area contributed by atoms with Crippen LogP contribution in [0.3, 0.4) is 0 Å². The Hall–Kier alpha value is -3.33. The zero-order valence-corrected chi connectivity index (χ0v) is 20.1. The van der Waals surface area contributed by atoms with E-state index >= 15 is 0 Å². The van der Waals surface area contributed by atoms with Gasteiger partial charge in [0.1, 0.15) is 18.4 Å². The Bertz CT molecular complexity index is 1090. The van der Waals surface area contributed by atoms with Crippen molar-refractivity contribution in [2.45, 2.75) is 37.7 Å². The molecule has 1 fully saturated rings. The highest BCUT2D eigenvalue weighted by molar-refractivity contribution is 9.10. The van der Waals surface area contributed by atoms with E-state index in [1.807, 2.05) is 36.4 Å². The Morgan fingerprint density at radius 1 is 1.15 bits per heavy atom. The van der Waals surface area contributed by atoms with E-state index in [1.54, 1.807) is 18.2 Å². The van der Waals surface area contributed by atoms with Crippen LogP contribution >= 0.6 is 15.9 Å². The maximum Gasteiger partial charge on any atom is 0.410 e. The maximum atomic E-state index is 13.3. The van der Waals surface area contributed by atoms with E-state index in [1.165, 1.54) is 18.1 Å². The number of amides is 1. The van der Waals surface area contributed by atoms with Crippen molar-refractivity contribution >= 4 is 34.0 Å². The van der Waals surface area contributed by atoms with Crippen LogP contribution in [0.1, 0.15) is 30.1 Å². The molecule has 3 atom stereocenters. The molecule has 178 valence electrons. The van der Waals surface area contributed by atoms with E-state index < -0.39 is 36.3 Å². The Morgan fingerprint density at radius 2 is 1.88 bits per heavy atom. The number of ether oxygens (including phenoxy) is 4. The summed E-state index contributed by atoms with van der Waals surface area (Å²) in [4.78, 5) is 39.3. The molecular formula is C25H24BrNO7. The number of hydrogen-bond donors (Lipinski definition) is 0. The fourth-order valence-corrected chi connectivity index (χ4v) is 4.54. The molecule has 8 nitrogen and oxygen atoms in total. The molecule has 0 radical (unpaired) electrons. The molecule has 0 bridgehead atoms. The van der Waals surface area contributed by atoms with Crippen LogP contribution < -0.4 is 0 Å². The summed E-state index contributed by atoms with van der Waals surface area (Å²) < 4.78 is 22.7. The lowest BCUT2D eigenvalue weighted by molar-refractivity contribution is -0.166. The van der Waals surface area contributed by atoms with Crippen LogP contribution in [0, 0.1) is 0 Å². The quantitative estimate of drug-likeness (QED) is 0.390. The van der Waals surface area contributed by atoms with E-state index in [-0.39, 0.29) is 12.4 Å². The fourth-order valence-electron chi connectivity index (χ4n) is 4.03. The zero-order valence-electron chi connectivity index (χ0n) is 18.5. The molecule has 0 saturated carbocycles. The molecule has 0 spiro atoms. The van der Waals surface area contributed by atoms with Gasteiger partial charge < -0.3 is 18.9 Å². The molecule has 1 saturated heterocycles. The van der Waals surface area contributed by atoms with E-state index in [0.717, 1.165) is 5.56 Å². The summed E-state index contributed by atoms with van der Waals surface area (Å²) in [6.45, 7) is 0.492. The largest absolute Gasteiger partial charge is 0.497 e. The summed E-state index contributed by atoms with van der Waals surface area (Å²) in [6, 6.07) is 15.7. The second-order valence-electron chi connectivity index (χ2n) is 7.88. The number of halogens is 1. The molecule has 2 unspecified atom stereocenters. The third kappa shape index (κ3) is 5.25. The van der Waals surface area contributed by atoms with Crippen LogP contribution in [-0.4, -0.2) is 48.7 Å². The highest BCUT2D eigenvalue weighted by atomic mass is 79.9. The molecule has 4 rings (SSSR count). The summed E-state index contributed by atoms with van der Waals surface area (Å²) >= 11 is 3.48. The molecular weight excluding hydrogens is 506 g/mol. The number of benzene rings is 2. The Balaban J connectivity index is 1.50. The van der Waals surface area contributed by atoms with Crippen molar-refractivity contribution in [3.05, 3.63) is 82.0 Å². The third-order valence-corrected chi connectivity index (χ3v) is 6.44. The van der Waals surface area contributed by atoms with E-state index in [4.69, 9.17) is 18.9 Å². The first kappa shape index (κ1) is 23.8. The van der Waals surface area contributed by atoms with Crippen molar-refractivity contribution in [3.63, 3.8) is 0 Å². The Morgan fingerprint density at radius 3 is 2.62 bits per heavy atom. The standard InChI is InChI=1S/C25H24BrNO7/c1-31-20-14-21(28)33-23(20)22(17-10-5-6-11-18(17)26)34-24(29)19-12-7-13-27(19)25(30)32-15-16-8-3-2-4-9-16/h2-6,8-11,14,19,22-23H,7,12-13,15H2,1H3/t19-,22?,23?/m0/s1. The molecule has 2 aliphatic rings.